The molecule has 1 N–H and O–H groups in total. The maximum Gasteiger partial charge on any atom is 0.332 e. The minimum Gasteiger partial charge on any atom is -0.477 e. The monoisotopic (exact) mass is 390 g/mol. The molecule has 0 radical (unpaired) electrons. The van der Waals surface area contributed by atoms with Crippen LogP contribution in [0.5, 0.6) is 11.8 Å². The molecule has 1 heterocycles. The summed E-state index contributed by atoms with van der Waals surface area (Å²) in [6.45, 7) is 1.82. The summed E-state index contributed by atoms with van der Waals surface area (Å²) in [6, 6.07) is 3.46. The molecule has 2 rings (SSSR count). The molecule has 1 atom stereocenters. The molecule has 1 aromatic heterocycles. The number of rotatable bonds is 6. The van der Waals surface area contributed by atoms with Crippen molar-refractivity contribution in [1.29, 1.82) is 0 Å². The molecule has 0 fully saturated rings. The van der Waals surface area contributed by atoms with Crippen LogP contribution in [0.2, 0.25) is 0 Å². The van der Waals surface area contributed by atoms with E-state index in [1.165, 1.54) is 14.2 Å². The first-order valence-corrected chi connectivity index (χ1v) is 9.00. The fourth-order valence-electron chi connectivity index (χ4n) is 2.01. The van der Waals surface area contributed by atoms with E-state index in [2.05, 4.69) is 25.9 Å². The van der Waals surface area contributed by atoms with Crippen molar-refractivity contribution in [2.24, 2.45) is 0 Å². The van der Waals surface area contributed by atoms with E-state index < -0.39 is 7.60 Å². The number of hydrogen-bond acceptors (Lipinski definition) is 6. The highest BCUT2D eigenvalue weighted by Gasteiger charge is 2.23. The second-order valence-corrected chi connectivity index (χ2v) is 7.15. The predicted octanol–water partition coefficient (Wildman–Crippen LogP) is 3.13. The largest absolute Gasteiger partial charge is 0.477 e. The van der Waals surface area contributed by atoms with Crippen molar-refractivity contribution < 1.29 is 23.5 Å². The Labute approximate surface area is 136 Å². The van der Waals surface area contributed by atoms with Crippen molar-refractivity contribution >= 4 is 34.6 Å². The van der Waals surface area contributed by atoms with Gasteiger partial charge in [-0.3, -0.25) is 4.57 Å². The van der Waals surface area contributed by atoms with Gasteiger partial charge in [0.1, 0.15) is 0 Å². The Balaban J connectivity index is 2.60. The van der Waals surface area contributed by atoms with Crippen molar-refractivity contribution in [2.75, 3.05) is 20.8 Å². The smallest absolute Gasteiger partial charge is 0.332 e. The first-order chi connectivity index (χ1) is 10.4. The Bertz CT molecular complexity index is 740. The minimum atomic E-state index is -3.74. The van der Waals surface area contributed by atoms with Gasteiger partial charge in [-0.05, 0) is 24.6 Å². The SMILES string of the molecule is CCOP(=O)(O)Cc1cc(Br)cc2nc(OC)c(OC)nc12. The third-order valence-corrected chi connectivity index (χ3v) is 4.70. The first-order valence-electron chi connectivity index (χ1n) is 6.44. The van der Waals surface area contributed by atoms with Gasteiger partial charge < -0.3 is 18.9 Å². The van der Waals surface area contributed by atoms with E-state index in [1.807, 2.05) is 0 Å². The summed E-state index contributed by atoms with van der Waals surface area (Å²) in [4.78, 5) is 18.5. The summed E-state index contributed by atoms with van der Waals surface area (Å²) in [5.41, 5.74) is 1.53. The quantitative estimate of drug-likeness (QED) is 0.757. The maximum absolute atomic E-state index is 12.0. The van der Waals surface area contributed by atoms with Crippen LogP contribution in [0.4, 0.5) is 0 Å². The highest BCUT2D eigenvalue weighted by Crippen LogP contribution is 2.47. The molecule has 0 saturated carbocycles. The Kier molecular flexibility index (Phi) is 5.39. The van der Waals surface area contributed by atoms with E-state index in [4.69, 9.17) is 14.0 Å². The molecule has 1 unspecified atom stereocenters. The number of aromatic nitrogens is 2. The molecule has 0 spiro atoms. The van der Waals surface area contributed by atoms with Gasteiger partial charge in [-0.2, -0.15) is 0 Å². The number of methoxy groups -OCH3 is 2. The van der Waals surface area contributed by atoms with Crippen LogP contribution in [0.25, 0.3) is 11.0 Å². The lowest BCUT2D eigenvalue weighted by atomic mass is 10.2. The van der Waals surface area contributed by atoms with Crippen LogP contribution < -0.4 is 9.47 Å². The average Bonchev–Trinajstić information content (AvgIpc) is 2.45. The molecule has 1 aromatic carbocycles. The zero-order valence-electron chi connectivity index (χ0n) is 12.4. The van der Waals surface area contributed by atoms with Gasteiger partial charge >= 0.3 is 7.60 Å². The molecule has 0 aliphatic rings. The van der Waals surface area contributed by atoms with Crippen LogP contribution in [0, 0.1) is 0 Å². The molecule has 0 bridgehead atoms. The second-order valence-electron chi connectivity index (χ2n) is 4.39. The van der Waals surface area contributed by atoms with Gasteiger partial charge in [-0.15, -0.1) is 0 Å². The molecule has 2 aromatic rings. The zero-order valence-corrected chi connectivity index (χ0v) is 14.8. The van der Waals surface area contributed by atoms with E-state index in [-0.39, 0.29) is 24.5 Å². The number of halogens is 1. The first kappa shape index (κ1) is 17.1. The van der Waals surface area contributed by atoms with E-state index in [9.17, 15) is 9.46 Å². The van der Waals surface area contributed by atoms with Gasteiger partial charge in [0.2, 0.25) is 0 Å². The highest BCUT2D eigenvalue weighted by molar-refractivity contribution is 9.10. The van der Waals surface area contributed by atoms with E-state index in [1.54, 1.807) is 19.1 Å². The summed E-state index contributed by atoms with van der Waals surface area (Å²) >= 11 is 3.36. The van der Waals surface area contributed by atoms with Crippen molar-refractivity contribution in [1.82, 2.24) is 9.97 Å². The fourth-order valence-corrected chi connectivity index (χ4v) is 3.67. The Hall–Kier alpha value is -1.21. The highest BCUT2D eigenvalue weighted by atomic mass is 79.9. The lowest BCUT2D eigenvalue weighted by Crippen LogP contribution is -2.01. The lowest BCUT2D eigenvalue weighted by molar-refractivity contribution is 0.272. The van der Waals surface area contributed by atoms with Crippen LogP contribution in [-0.2, 0) is 15.3 Å². The van der Waals surface area contributed by atoms with Gasteiger partial charge in [0.05, 0.1) is 38.0 Å². The third-order valence-electron chi connectivity index (χ3n) is 2.84. The average molecular weight is 391 g/mol. The maximum atomic E-state index is 12.0. The van der Waals surface area contributed by atoms with Crippen LogP contribution in [0.3, 0.4) is 0 Å². The van der Waals surface area contributed by atoms with E-state index >= 15 is 0 Å². The summed E-state index contributed by atoms with van der Waals surface area (Å²) in [7, 11) is -0.823. The molecule has 0 amide bonds. The zero-order chi connectivity index (χ0) is 16.3. The van der Waals surface area contributed by atoms with Gasteiger partial charge in [-0.25, -0.2) is 9.97 Å². The Morgan fingerprint density at radius 3 is 2.45 bits per heavy atom. The second kappa shape index (κ2) is 6.91. The van der Waals surface area contributed by atoms with Crippen LogP contribution in [0.1, 0.15) is 12.5 Å². The molecular formula is C13H16BrN2O5P. The normalized spacial score (nSPS) is 13.9. The fraction of sp³-hybridized carbons (Fsp3) is 0.385. The molecule has 0 aliphatic carbocycles. The lowest BCUT2D eigenvalue weighted by Gasteiger charge is -2.13. The number of benzene rings is 1. The van der Waals surface area contributed by atoms with Crippen molar-refractivity contribution in [3.05, 3.63) is 22.2 Å². The topological polar surface area (TPSA) is 90.8 Å². The predicted molar refractivity (Wildman–Crippen MR) is 85.5 cm³/mol. The van der Waals surface area contributed by atoms with Crippen LogP contribution >= 0.6 is 23.5 Å². The summed E-state index contributed by atoms with van der Waals surface area (Å²) in [6.07, 6.45) is -0.166. The molecule has 22 heavy (non-hydrogen) atoms. The number of hydrogen-bond donors (Lipinski definition) is 1. The number of ether oxygens (including phenoxy) is 2. The van der Waals surface area contributed by atoms with Crippen molar-refractivity contribution in [3.63, 3.8) is 0 Å². The number of nitrogens with zero attached hydrogens (tertiary/aromatic N) is 2. The molecule has 7 nitrogen and oxygen atoms in total. The Morgan fingerprint density at radius 2 is 1.86 bits per heavy atom. The summed E-state index contributed by atoms with van der Waals surface area (Å²) in [5, 5.41) is 0. The molecule has 0 aliphatic heterocycles. The van der Waals surface area contributed by atoms with Gasteiger partial charge in [0.25, 0.3) is 11.8 Å². The van der Waals surface area contributed by atoms with Gasteiger partial charge in [0.15, 0.2) is 0 Å². The molecule has 9 heteroatoms. The van der Waals surface area contributed by atoms with Crippen molar-refractivity contribution in [2.45, 2.75) is 13.1 Å². The molecule has 0 saturated heterocycles. The van der Waals surface area contributed by atoms with Crippen LogP contribution in [-0.4, -0.2) is 35.7 Å². The Morgan fingerprint density at radius 1 is 1.23 bits per heavy atom. The summed E-state index contributed by atoms with van der Waals surface area (Å²) < 4.78 is 27.9. The molecular weight excluding hydrogens is 375 g/mol. The van der Waals surface area contributed by atoms with E-state index in [0.29, 0.717) is 21.1 Å². The van der Waals surface area contributed by atoms with Gasteiger partial charge in [-0.1, -0.05) is 15.9 Å². The number of fused-ring (bicyclic) bond motifs is 1. The third kappa shape index (κ3) is 3.76. The van der Waals surface area contributed by atoms with Gasteiger partial charge in [0, 0.05) is 4.47 Å². The van der Waals surface area contributed by atoms with Crippen LogP contribution in [0.15, 0.2) is 16.6 Å². The van der Waals surface area contributed by atoms with E-state index in [0.717, 1.165) is 0 Å². The van der Waals surface area contributed by atoms with Crippen molar-refractivity contribution in [3.8, 4) is 11.8 Å². The summed E-state index contributed by atoms with van der Waals surface area (Å²) in [5.74, 6) is 0.457. The standard InChI is InChI=1S/C13H16BrN2O5P/c1-4-21-22(17,18)7-8-5-9(14)6-10-11(8)16-13(20-3)12(15-10)19-2/h5-6H,4,7H2,1-3H3,(H,17,18). The molecule has 120 valence electrons. The minimum absolute atomic E-state index is 0.155.